The largest absolute Gasteiger partial charge is 0.317 e. The van der Waals surface area contributed by atoms with Crippen molar-refractivity contribution in [1.29, 1.82) is 0 Å². The van der Waals surface area contributed by atoms with Crippen LogP contribution < -0.4 is 5.32 Å². The summed E-state index contributed by atoms with van der Waals surface area (Å²) < 4.78 is 0. The van der Waals surface area contributed by atoms with E-state index in [4.69, 9.17) is 0 Å². The molecule has 0 radical (unpaired) electrons. The summed E-state index contributed by atoms with van der Waals surface area (Å²) in [5, 5.41) is 3.38. The van der Waals surface area contributed by atoms with Gasteiger partial charge in [-0.2, -0.15) is 0 Å². The fraction of sp³-hybridized carbons (Fsp3) is 0.462. The fourth-order valence-electron chi connectivity index (χ4n) is 2.37. The summed E-state index contributed by atoms with van der Waals surface area (Å²) in [6.45, 7) is 2.96. The van der Waals surface area contributed by atoms with E-state index in [1.165, 1.54) is 18.6 Å². The predicted molar refractivity (Wildman–Crippen MR) is 68.7 cm³/mol. The van der Waals surface area contributed by atoms with Crippen molar-refractivity contribution < 1.29 is 0 Å². The van der Waals surface area contributed by atoms with Crippen LogP contribution in [-0.4, -0.2) is 36.2 Å². The number of amidine groups is 1. The van der Waals surface area contributed by atoms with Crippen LogP contribution in [0.2, 0.25) is 0 Å². The Balaban J connectivity index is 1.75. The third kappa shape index (κ3) is 2.26. The Morgan fingerprint density at radius 2 is 2.06 bits per heavy atom. The van der Waals surface area contributed by atoms with Crippen LogP contribution in [0.5, 0.6) is 0 Å². The fourth-order valence-corrected chi connectivity index (χ4v) is 2.37. The van der Waals surface area contributed by atoms with Crippen LogP contribution >= 0.6 is 0 Å². The normalized spacial score (nSPS) is 21.2. The smallest absolute Gasteiger partial charge is 0.173 e. The molecule has 1 aromatic heterocycles. The Morgan fingerprint density at radius 1 is 1.18 bits per heavy atom. The van der Waals surface area contributed by atoms with Gasteiger partial charge < -0.3 is 5.32 Å². The zero-order valence-electron chi connectivity index (χ0n) is 9.76. The number of pyridine rings is 1. The van der Waals surface area contributed by atoms with Crippen molar-refractivity contribution in [3.05, 3.63) is 30.1 Å². The number of nitrogens with zero attached hydrogens (tertiary/aromatic N) is 3. The van der Waals surface area contributed by atoms with Crippen molar-refractivity contribution >= 4 is 11.5 Å². The summed E-state index contributed by atoms with van der Waals surface area (Å²) in [5.41, 5.74) is 2.13. The molecule has 0 amide bonds. The maximum atomic E-state index is 4.66. The summed E-state index contributed by atoms with van der Waals surface area (Å²) in [7, 11) is 0. The second-order valence-electron chi connectivity index (χ2n) is 4.48. The molecule has 0 aliphatic carbocycles. The van der Waals surface area contributed by atoms with E-state index >= 15 is 0 Å². The van der Waals surface area contributed by atoms with Crippen LogP contribution in [-0.2, 0) is 0 Å². The predicted octanol–water partition coefficient (Wildman–Crippen LogP) is 1.28. The molecule has 88 valence electrons. The average Bonchev–Trinajstić information content (AvgIpc) is 2.90. The van der Waals surface area contributed by atoms with E-state index in [1.54, 1.807) is 6.20 Å². The molecule has 0 aromatic carbocycles. The lowest BCUT2D eigenvalue weighted by Gasteiger charge is -2.21. The molecule has 4 nitrogen and oxygen atoms in total. The Morgan fingerprint density at radius 3 is 2.82 bits per heavy atom. The lowest BCUT2D eigenvalue weighted by Crippen LogP contribution is -2.32. The minimum absolute atomic E-state index is 0.612. The first-order valence-corrected chi connectivity index (χ1v) is 6.17. The lowest BCUT2D eigenvalue weighted by molar-refractivity contribution is 0.455. The van der Waals surface area contributed by atoms with E-state index in [-0.39, 0.29) is 0 Å². The van der Waals surface area contributed by atoms with Gasteiger partial charge in [-0.3, -0.25) is 9.98 Å². The minimum atomic E-state index is 0.612. The van der Waals surface area contributed by atoms with Crippen LogP contribution in [0.4, 0.5) is 0 Å². The Bertz CT molecular complexity index is 444. The first-order valence-electron chi connectivity index (χ1n) is 6.17. The molecule has 0 saturated carbocycles. The van der Waals surface area contributed by atoms with Gasteiger partial charge in [0.05, 0.1) is 6.54 Å². The van der Waals surface area contributed by atoms with Crippen molar-refractivity contribution in [2.24, 2.45) is 15.9 Å². The van der Waals surface area contributed by atoms with Gasteiger partial charge in [0, 0.05) is 17.8 Å². The van der Waals surface area contributed by atoms with Crippen molar-refractivity contribution in [3.63, 3.8) is 0 Å². The molecule has 2 aliphatic rings. The second kappa shape index (κ2) is 4.75. The van der Waals surface area contributed by atoms with E-state index in [2.05, 4.69) is 20.3 Å². The number of aromatic nitrogens is 1. The summed E-state index contributed by atoms with van der Waals surface area (Å²) in [6, 6.07) is 5.85. The number of nitrogens with one attached hydrogen (secondary N) is 1. The Labute approximate surface area is 101 Å². The molecule has 17 heavy (non-hydrogen) atoms. The highest BCUT2D eigenvalue weighted by Crippen LogP contribution is 2.18. The quantitative estimate of drug-likeness (QED) is 0.829. The van der Waals surface area contributed by atoms with Gasteiger partial charge in [0.25, 0.3) is 0 Å². The van der Waals surface area contributed by atoms with Crippen LogP contribution in [0.25, 0.3) is 0 Å². The van der Waals surface area contributed by atoms with Crippen LogP contribution in [0.15, 0.2) is 34.4 Å². The van der Waals surface area contributed by atoms with Crippen molar-refractivity contribution in [3.8, 4) is 0 Å². The molecule has 4 heteroatoms. The van der Waals surface area contributed by atoms with Gasteiger partial charge >= 0.3 is 0 Å². The number of aliphatic imine (C=N–C) groups is 2. The first-order chi connectivity index (χ1) is 8.43. The van der Waals surface area contributed by atoms with Gasteiger partial charge in [-0.25, -0.2) is 4.99 Å². The maximum absolute atomic E-state index is 4.66. The molecule has 2 aliphatic heterocycles. The zero-order valence-corrected chi connectivity index (χ0v) is 9.76. The summed E-state index contributed by atoms with van der Waals surface area (Å²) in [6.07, 6.45) is 4.16. The van der Waals surface area contributed by atoms with E-state index in [0.29, 0.717) is 5.92 Å². The Hall–Kier alpha value is -1.55. The Kier molecular flexibility index (Phi) is 2.96. The molecule has 0 spiro atoms. The van der Waals surface area contributed by atoms with Gasteiger partial charge in [0.1, 0.15) is 5.69 Å². The maximum Gasteiger partial charge on any atom is 0.173 e. The molecule has 1 saturated heterocycles. The topological polar surface area (TPSA) is 49.6 Å². The highest BCUT2D eigenvalue weighted by atomic mass is 15.0. The van der Waals surface area contributed by atoms with Crippen LogP contribution in [0.1, 0.15) is 18.5 Å². The second-order valence-corrected chi connectivity index (χ2v) is 4.48. The van der Waals surface area contributed by atoms with Gasteiger partial charge in [0.15, 0.2) is 5.84 Å². The number of piperidine rings is 1. The molecule has 1 fully saturated rings. The average molecular weight is 228 g/mol. The molecule has 3 heterocycles. The molecule has 1 N–H and O–H groups in total. The molecular weight excluding hydrogens is 212 g/mol. The summed E-state index contributed by atoms with van der Waals surface area (Å²) >= 11 is 0. The van der Waals surface area contributed by atoms with Crippen molar-refractivity contribution in [2.75, 3.05) is 19.6 Å². The summed E-state index contributed by atoms with van der Waals surface area (Å²) in [5.74, 6) is 1.42. The standard InChI is InChI=1S/C13H16N4/c1-2-6-15-11(3-1)13-16-9-12(17-13)10-4-7-14-8-5-10/h1-3,6,10,14H,4-5,7-9H2. The van der Waals surface area contributed by atoms with E-state index in [1.807, 2.05) is 18.2 Å². The zero-order chi connectivity index (χ0) is 11.5. The van der Waals surface area contributed by atoms with Gasteiger partial charge in [0.2, 0.25) is 0 Å². The third-order valence-corrected chi connectivity index (χ3v) is 3.34. The van der Waals surface area contributed by atoms with Gasteiger partial charge in [-0.15, -0.1) is 0 Å². The van der Waals surface area contributed by atoms with E-state index in [9.17, 15) is 0 Å². The molecule has 0 atom stereocenters. The molecule has 3 rings (SSSR count). The molecular formula is C13H16N4. The van der Waals surface area contributed by atoms with E-state index in [0.717, 1.165) is 31.2 Å². The molecule has 1 aromatic rings. The van der Waals surface area contributed by atoms with Crippen molar-refractivity contribution in [2.45, 2.75) is 12.8 Å². The van der Waals surface area contributed by atoms with Crippen LogP contribution in [0.3, 0.4) is 0 Å². The monoisotopic (exact) mass is 228 g/mol. The van der Waals surface area contributed by atoms with Gasteiger partial charge in [-0.05, 0) is 38.1 Å². The number of hydrogen-bond donors (Lipinski definition) is 1. The third-order valence-electron chi connectivity index (χ3n) is 3.34. The minimum Gasteiger partial charge on any atom is -0.317 e. The van der Waals surface area contributed by atoms with Crippen molar-refractivity contribution in [1.82, 2.24) is 10.3 Å². The SMILES string of the molecule is c1ccc(C2=NCC(C3CCNCC3)=N2)nc1. The van der Waals surface area contributed by atoms with Gasteiger partial charge in [-0.1, -0.05) is 6.07 Å². The molecule has 0 unspecified atom stereocenters. The highest BCUT2D eigenvalue weighted by molar-refractivity contribution is 6.11. The summed E-state index contributed by atoms with van der Waals surface area (Å²) in [4.78, 5) is 13.4. The first kappa shape index (κ1) is 10.6. The van der Waals surface area contributed by atoms with Crippen LogP contribution in [0, 0.1) is 5.92 Å². The lowest BCUT2D eigenvalue weighted by atomic mass is 9.93. The highest BCUT2D eigenvalue weighted by Gasteiger charge is 2.22. The van der Waals surface area contributed by atoms with E-state index < -0.39 is 0 Å². The number of hydrogen-bond acceptors (Lipinski definition) is 4. The molecule has 0 bridgehead atoms. The number of rotatable bonds is 2.